The lowest BCUT2D eigenvalue weighted by Crippen LogP contribution is -2.34. The smallest absolute Gasteiger partial charge is 0.165 e. The molecule has 0 bridgehead atoms. The first-order chi connectivity index (χ1) is 9.39. The second-order valence-corrected chi connectivity index (χ2v) is 6.70. The van der Waals surface area contributed by atoms with E-state index in [4.69, 9.17) is 4.74 Å². The monoisotopic (exact) mass is 294 g/mol. The summed E-state index contributed by atoms with van der Waals surface area (Å²) in [6, 6.07) is 4.80. The Hall–Kier alpha value is -1.46. The number of methoxy groups -OCH3 is 1. The molecule has 0 spiro atoms. The Morgan fingerprint density at radius 2 is 2.10 bits per heavy atom. The molecule has 1 aromatic carbocycles. The van der Waals surface area contributed by atoms with Gasteiger partial charge in [-0.1, -0.05) is 0 Å². The normalized spacial score (nSPS) is 11.7. The summed E-state index contributed by atoms with van der Waals surface area (Å²) in [4.78, 5) is 5.54. The molecule has 0 saturated carbocycles. The van der Waals surface area contributed by atoms with Crippen LogP contribution in [0.1, 0.15) is 25.6 Å². The van der Waals surface area contributed by atoms with Crippen molar-refractivity contribution in [1.82, 2.24) is 10.3 Å². The Kier molecular flexibility index (Phi) is 4.40. The summed E-state index contributed by atoms with van der Waals surface area (Å²) in [6.45, 7) is 7.15. The maximum Gasteiger partial charge on any atom is 0.165 e. The van der Waals surface area contributed by atoms with Gasteiger partial charge in [0.05, 0.1) is 7.11 Å². The van der Waals surface area contributed by atoms with Crippen LogP contribution < -0.4 is 10.1 Å². The maximum absolute atomic E-state index is 13.4. The van der Waals surface area contributed by atoms with E-state index in [9.17, 15) is 4.39 Å². The highest BCUT2D eigenvalue weighted by molar-refractivity contribution is 7.15. The molecule has 2 rings (SSSR count). The van der Waals surface area contributed by atoms with Crippen molar-refractivity contribution in [2.75, 3.05) is 7.11 Å². The lowest BCUT2D eigenvalue weighted by molar-refractivity contribution is 0.387. The predicted octanol–water partition coefficient (Wildman–Crippen LogP) is 3.85. The van der Waals surface area contributed by atoms with Crippen molar-refractivity contribution in [3.8, 4) is 16.3 Å². The molecule has 0 fully saturated rings. The maximum atomic E-state index is 13.4. The van der Waals surface area contributed by atoms with Crippen LogP contribution in [0.15, 0.2) is 24.4 Å². The number of aromatic nitrogens is 1. The summed E-state index contributed by atoms with van der Waals surface area (Å²) < 4.78 is 18.4. The van der Waals surface area contributed by atoms with Crippen LogP contribution in [-0.4, -0.2) is 17.6 Å². The molecule has 0 aliphatic heterocycles. The number of hydrogen-bond donors (Lipinski definition) is 1. The summed E-state index contributed by atoms with van der Waals surface area (Å²) in [5, 5.41) is 4.29. The van der Waals surface area contributed by atoms with Crippen LogP contribution in [0.2, 0.25) is 0 Å². The Labute approximate surface area is 122 Å². The zero-order valence-corrected chi connectivity index (χ0v) is 13.0. The highest BCUT2D eigenvalue weighted by atomic mass is 32.1. The Bertz CT molecular complexity index is 590. The van der Waals surface area contributed by atoms with Crippen LogP contribution in [0, 0.1) is 5.82 Å². The van der Waals surface area contributed by atoms with E-state index in [1.165, 1.54) is 13.2 Å². The average molecular weight is 294 g/mol. The third-order valence-corrected chi connectivity index (χ3v) is 3.79. The first-order valence-electron chi connectivity index (χ1n) is 6.43. The van der Waals surface area contributed by atoms with Gasteiger partial charge in [-0.15, -0.1) is 11.3 Å². The predicted molar refractivity (Wildman–Crippen MR) is 80.7 cm³/mol. The first kappa shape index (κ1) is 14.9. The average Bonchev–Trinajstić information content (AvgIpc) is 2.85. The summed E-state index contributed by atoms with van der Waals surface area (Å²) in [5.74, 6) is -0.116. The van der Waals surface area contributed by atoms with E-state index in [1.54, 1.807) is 23.5 Å². The molecule has 1 heterocycles. The van der Waals surface area contributed by atoms with Crippen LogP contribution in [-0.2, 0) is 6.54 Å². The minimum absolute atomic E-state index is 0.0727. The zero-order valence-electron chi connectivity index (χ0n) is 12.2. The molecule has 20 heavy (non-hydrogen) atoms. The lowest BCUT2D eigenvalue weighted by atomic mass is 10.1. The number of thiazole rings is 1. The molecule has 0 radical (unpaired) electrons. The fourth-order valence-electron chi connectivity index (χ4n) is 1.67. The van der Waals surface area contributed by atoms with E-state index in [1.807, 2.05) is 6.20 Å². The van der Waals surface area contributed by atoms with Gasteiger partial charge in [-0.3, -0.25) is 0 Å². The highest BCUT2D eigenvalue weighted by Gasteiger charge is 2.12. The summed E-state index contributed by atoms with van der Waals surface area (Å²) in [7, 11) is 1.46. The second-order valence-electron chi connectivity index (χ2n) is 5.58. The van der Waals surface area contributed by atoms with Crippen LogP contribution in [0.5, 0.6) is 5.75 Å². The van der Waals surface area contributed by atoms with Gasteiger partial charge >= 0.3 is 0 Å². The van der Waals surface area contributed by atoms with E-state index in [0.717, 1.165) is 22.0 Å². The molecule has 0 amide bonds. The number of ether oxygens (including phenoxy) is 1. The van der Waals surface area contributed by atoms with Gasteiger partial charge in [0.2, 0.25) is 0 Å². The number of hydrogen-bond acceptors (Lipinski definition) is 4. The fourth-order valence-corrected chi connectivity index (χ4v) is 2.52. The minimum atomic E-state index is -0.359. The molecular weight excluding hydrogens is 275 g/mol. The van der Waals surface area contributed by atoms with Crippen molar-refractivity contribution in [3.05, 3.63) is 35.1 Å². The molecule has 0 saturated heterocycles. The Morgan fingerprint density at radius 3 is 2.75 bits per heavy atom. The van der Waals surface area contributed by atoms with Crippen molar-refractivity contribution in [1.29, 1.82) is 0 Å². The number of halogens is 1. The summed E-state index contributed by atoms with van der Waals surface area (Å²) in [6.07, 6.45) is 1.86. The largest absolute Gasteiger partial charge is 0.494 e. The quantitative estimate of drug-likeness (QED) is 0.930. The van der Waals surface area contributed by atoms with Gasteiger partial charge in [-0.2, -0.15) is 0 Å². The van der Waals surface area contributed by atoms with Crippen LogP contribution in [0.3, 0.4) is 0 Å². The topological polar surface area (TPSA) is 34.1 Å². The molecular formula is C15H19FN2OS. The molecule has 0 aliphatic carbocycles. The van der Waals surface area contributed by atoms with Crippen molar-refractivity contribution in [2.45, 2.75) is 32.9 Å². The van der Waals surface area contributed by atoms with Gasteiger partial charge in [0.1, 0.15) is 5.01 Å². The van der Waals surface area contributed by atoms with Crippen molar-refractivity contribution >= 4 is 11.3 Å². The molecule has 1 aromatic heterocycles. The standard InChI is InChI=1S/C15H19FN2OS/c1-15(2,3)18-9-11-8-17-14(20-11)10-5-6-12(16)13(7-10)19-4/h5-8,18H,9H2,1-4H3. The SMILES string of the molecule is COc1cc(-c2ncc(CNC(C)(C)C)s2)ccc1F. The van der Waals surface area contributed by atoms with Gasteiger partial charge < -0.3 is 10.1 Å². The van der Waals surface area contributed by atoms with Gasteiger partial charge in [-0.25, -0.2) is 9.37 Å². The fraction of sp³-hybridized carbons (Fsp3) is 0.400. The molecule has 0 unspecified atom stereocenters. The van der Waals surface area contributed by atoms with E-state index in [0.29, 0.717) is 0 Å². The third kappa shape index (κ3) is 3.77. The number of rotatable bonds is 4. The van der Waals surface area contributed by atoms with Crippen LogP contribution >= 0.6 is 11.3 Å². The van der Waals surface area contributed by atoms with Crippen molar-refractivity contribution in [2.24, 2.45) is 0 Å². The van der Waals surface area contributed by atoms with Crippen molar-refractivity contribution < 1.29 is 9.13 Å². The Balaban J connectivity index is 2.16. The second kappa shape index (κ2) is 5.89. The third-order valence-electron chi connectivity index (χ3n) is 2.74. The summed E-state index contributed by atoms with van der Waals surface area (Å²) in [5.41, 5.74) is 0.943. The zero-order chi connectivity index (χ0) is 14.8. The number of nitrogens with one attached hydrogen (secondary N) is 1. The first-order valence-corrected chi connectivity index (χ1v) is 7.24. The van der Waals surface area contributed by atoms with E-state index in [2.05, 4.69) is 31.1 Å². The molecule has 0 aliphatic rings. The Morgan fingerprint density at radius 1 is 1.35 bits per heavy atom. The highest BCUT2D eigenvalue weighted by Crippen LogP contribution is 2.29. The van der Waals surface area contributed by atoms with Crippen LogP contribution in [0.25, 0.3) is 10.6 Å². The summed E-state index contributed by atoms with van der Waals surface area (Å²) >= 11 is 1.60. The number of nitrogens with zero attached hydrogens (tertiary/aromatic N) is 1. The molecule has 108 valence electrons. The molecule has 0 atom stereocenters. The molecule has 2 aromatic rings. The van der Waals surface area contributed by atoms with E-state index >= 15 is 0 Å². The van der Waals surface area contributed by atoms with E-state index < -0.39 is 0 Å². The van der Waals surface area contributed by atoms with Crippen LogP contribution in [0.4, 0.5) is 4.39 Å². The van der Waals surface area contributed by atoms with Gasteiger partial charge in [-0.05, 0) is 39.0 Å². The van der Waals surface area contributed by atoms with Gasteiger partial charge in [0, 0.05) is 28.7 Å². The van der Waals surface area contributed by atoms with E-state index in [-0.39, 0.29) is 17.1 Å². The van der Waals surface area contributed by atoms with Gasteiger partial charge in [0.25, 0.3) is 0 Å². The molecule has 3 nitrogen and oxygen atoms in total. The lowest BCUT2D eigenvalue weighted by Gasteiger charge is -2.19. The molecule has 5 heteroatoms. The van der Waals surface area contributed by atoms with Crippen molar-refractivity contribution in [3.63, 3.8) is 0 Å². The minimum Gasteiger partial charge on any atom is -0.494 e. The number of benzene rings is 1. The molecule has 1 N–H and O–H groups in total. The van der Waals surface area contributed by atoms with Gasteiger partial charge in [0.15, 0.2) is 11.6 Å².